The summed E-state index contributed by atoms with van der Waals surface area (Å²) in [5.74, 6) is -2.63. The van der Waals surface area contributed by atoms with Gasteiger partial charge in [0.15, 0.2) is 0 Å². The normalized spacial score (nSPS) is 17.7. The Balaban J connectivity index is 1.97. The molecule has 0 unspecified atom stereocenters. The van der Waals surface area contributed by atoms with E-state index in [1.165, 1.54) is 0 Å². The van der Waals surface area contributed by atoms with Crippen molar-refractivity contribution in [3.8, 4) is 0 Å². The van der Waals surface area contributed by atoms with Crippen molar-refractivity contribution in [1.29, 1.82) is 0 Å². The predicted octanol–water partition coefficient (Wildman–Crippen LogP) is 3.21. The van der Waals surface area contributed by atoms with Crippen LogP contribution in [0.5, 0.6) is 0 Å². The Morgan fingerprint density at radius 1 is 1.26 bits per heavy atom. The summed E-state index contributed by atoms with van der Waals surface area (Å²) in [6.07, 6.45) is 3.32. The first-order valence-corrected chi connectivity index (χ1v) is 7.03. The first-order valence-electron chi connectivity index (χ1n) is 6.15. The lowest BCUT2D eigenvalue weighted by Gasteiger charge is -2.22. The van der Waals surface area contributed by atoms with Crippen molar-refractivity contribution in [3.63, 3.8) is 0 Å². The van der Waals surface area contributed by atoms with Gasteiger partial charge in [0.2, 0.25) is 5.91 Å². The van der Waals surface area contributed by atoms with Gasteiger partial charge in [-0.05, 0) is 37.1 Å². The maximum atomic E-state index is 12.2. The number of thioether (sulfide) groups is 1. The largest absolute Gasteiger partial charge is 0.324 e. The van der Waals surface area contributed by atoms with E-state index in [4.69, 9.17) is 5.73 Å². The number of rotatable bonds is 4. The van der Waals surface area contributed by atoms with Crippen molar-refractivity contribution >= 4 is 23.4 Å². The van der Waals surface area contributed by atoms with Crippen LogP contribution in [0.3, 0.4) is 0 Å². The van der Waals surface area contributed by atoms with Crippen LogP contribution in [0.1, 0.15) is 25.7 Å². The van der Waals surface area contributed by atoms with Gasteiger partial charge in [0.1, 0.15) is 0 Å². The van der Waals surface area contributed by atoms with Crippen molar-refractivity contribution in [2.24, 2.45) is 5.73 Å². The van der Waals surface area contributed by atoms with Crippen molar-refractivity contribution in [1.82, 2.24) is 0 Å². The van der Waals surface area contributed by atoms with Gasteiger partial charge < -0.3 is 11.1 Å². The molecule has 1 saturated carbocycles. The maximum Gasteiger partial charge on any atom is 0.288 e. The maximum absolute atomic E-state index is 12.2. The fourth-order valence-electron chi connectivity index (χ4n) is 2.21. The number of anilines is 1. The minimum Gasteiger partial charge on any atom is -0.324 e. The molecule has 2 rings (SSSR count). The van der Waals surface area contributed by atoms with Gasteiger partial charge in [0.25, 0.3) is 5.76 Å². The van der Waals surface area contributed by atoms with E-state index in [0.29, 0.717) is 35.2 Å². The molecular formula is C13H16F2N2OS. The van der Waals surface area contributed by atoms with E-state index < -0.39 is 11.3 Å². The summed E-state index contributed by atoms with van der Waals surface area (Å²) in [5.41, 5.74) is 5.83. The van der Waals surface area contributed by atoms with Crippen molar-refractivity contribution < 1.29 is 13.6 Å². The molecule has 1 amide bonds. The number of carbonyl (C=O) groups excluding carboxylic acids is 1. The van der Waals surface area contributed by atoms with Crippen LogP contribution in [0.15, 0.2) is 29.2 Å². The first kappa shape index (κ1) is 14.3. The summed E-state index contributed by atoms with van der Waals surface area (Å²) in [6, 6.07) is 6.34. The van der Waals surface area contributed by atoms with Crippen LogP contribution in [-0.4, -0.2) is 17.2 Å². The van der Waals surface area contributed by atoms with E-state index >= 15 is 0 Å². The zero-order chi connectivity index (χ0) is 13.9. The zero-order valence-electron chi connectivity index (χ0n) is 10.4. The van der Waals surface area contributed by atoms with E-state index in [-0.39, 0.29) is 5.91 Å². The van der Waals surface area contributed by atoms with Gasteiger partial charge in [-0.2, -0.15) is 8.78 Å². The highest BCUT2D eigenvalue weighted by molar-refractivity contribution is 7.99. The van der Waals surface area contributed by atoms with Crippen molar-refractivity contribution in [2.45, 2.75) is 41.9 Å². The highest BCUT2D eigenvalue weighted by Gasteiger charge is 2.36. The van der Waals surface area contributed by atoms with Gasteiger partial charge in [-0.1, -0.05) is 24.6 Å². The molecule has 0 saturated heterocycles. The minimum atomic E-state index is -2.44. The van der Waals surface area contributed by atoms with Gasteiger partial charge in [-0.3, -0.25) is 4.79 Å². The molecule has 0 atom stereocenters. The summed E-state index contributed by atoms with van der Waals surface area (Å²) in [4.78, 5) is 12.5. The molecule has 0 bridgehead atoms. The molecule has 3 N–H and O–H groups in total. The highest BCUT2D eigenvalue weighted by Crippen LogP contribution is 2.29. The Morgan fingerprint density at radius 3 is 2.37 bits per heavy atom. The number of amides is 1. The Labute approximate surface area is 114 Å². The number of hydrogen-bond acceptors (Lipinski definition) is 3. The van der Waals surface area contributed by atoms with E-state index in [2.05, 4.69) is 5.32 Å². The lowest BCUT2D eigenvalue weighted by Crippen LogP contribution is -2.48. The second-order valence-corrected chi connectivity index (χ2v) is 5.78. The van der Waals surface area contributed by atoms with Crippen LogP contribution in [0.2, 0.25) is 0 Å². The van der Waals surface area contributed by atoms with Crippen LogP contribution in [0, 0.1) is 0 Å². The SMILES string of the molecule is NC1(C(=O)Nc2ccc(SC(F)F)cc2)CCCC1. The predicted molar refractivity (Wildman–Crippen MR) is 72.3 cm³/mol. The van der Waals surface area contributed by atoms with Gasteiger partial charge >= 0.3 is 0 Å². The van der Waals surface area contributed by atoms with Crippen LogP contribution < -0.4 is 11.1 Å². The summed E-state index contributed by atoms with van der Waals surface area (Å²) in [5, 5.41) is 2.74. The molecule has 1 aromatic rings. The van der Waals surface area contributed by atoms with Crippen LogP contribution in [-0.2, 0) is 4.79 Å². The molecule has 1 aliphatic rings. The third kappa shape index (κ3) is 3.67. The molecule has 0 radical (unpaired) electrons. The lowest BCUT2D eigenvalue weighted by molar-refractivity contribution is -0.121. The Bertz CT molecular complexity index is 444. The summed E-state index contributed by atoms with van der Waals surface area (Å²) in [7, 11) is 0. The van der Waals surface area contributed by atoms with Crippen LogP contribution in [0.4, 0.5) is 14.5 Å². The standard InChI is InChI=1S/C13H16F2N2OS/c14-12(15)19-10-5-3-9(4-6-10)17-11(18)13(16)7-1-2-8-13/h3-6,12H,1-2,7-8,16H2,(H,17,18). The van der Waals surface area contributed by atoms with Crippen LogP contribution in [0.25, 0.3) is 0 Å². The van der Waals surface area contributed by atoms with Gasteiger partial charge in [-0.15, -0.1) is 0 Å². The number of halogens is 2. The Morgan fingerprint density at radius 2 is 1.84 bits per heavy atom. The van der Waals surface area contributed by atoms with Crippen molar-refractivity contribution in [3.05, 3.63) is 24.3 Å². The first-order chi connectivity index (χ1) is 8.99. The summed E-state index contributed by atoms with van der Waals surface area (Å²) in [6.45, 7) is 0. The highest BCUT2D eigenvalue weighted by atomic mass is 32.2. The fourth-order valence-corrected chi connectivity index (χ4v) is 2.71. The van der Waals surface area contributed by atoms with E-state index in [9.17, 15) is 13.6 Å². The Kier molecular flexibility index (Phi) is 4.42. The second-order valence-electron chi connectivity index (χ2n) is 4.72. The molecule has 3 nitrogen and oxygen atoms in total. The quantitative estimate of drug-likeness (QED) is 0.836. The average Bonchev–Trinajstić information content (AvgIpc) is 2.79. The summed E-state index contributed by atoms with van der Waals surface area (Å²) < 4.78 is 24.3. The summed E-state index contributed by atoms with van der Waals surface area (Å²) >= 11 is 0.480. The number of hydrogen-bond donors (Lipinski definition) is 2. The second kappa shape index (κ2) is 5.88. The van der Waals surface area contributed by atoms with E-state index in [1.807, 2.05) is 0 Å². The number of alkyl halides is 2. The molecule has 0 aliphatic heterocycles. The van der Waals surface area contributed by atoms with Crippen molar-refractivity contribution in [2.75, 3.05) is 5.32 Å². The molecule has 0 heterocycles. The lowest BCUT2D eigenvalue weighted by atomic mass is 9.98. The Hall–Kier alpha value is -1.14. The molecule has 1 fully saturated rings. The third-order valence-electron chi connectivity index (χ3n) is 3.29. The van der Waals surface area contributed by atoms with Gasteiger partial charge in [0.05, 0.1) is 5.54 Å². The third-order valence-corrected chi connectivity index (χ3v) is 4.01. The molecule has 104 valence electrons. The molecule has 1 aromatic carbocycles. The number of carbonyl (C=O) groups is 1. The minimum absolute atomic E-state index is 0.195. The number of nitrogens with one attached hydrogen (secondary N) is 1. The average molecular weight is 286 g/mol. The van der Waals surface area contributed by atoms with Gasteiger partial charge in [0, 0.05) is 10.6 Å². The molecule has 6 heteroatoms. The smallest absolute Gasteiger partial charge is 0.288 e. The monoisotopic (exact) mass is 286 g/mol. The topological polar surface area (TPSA) is 55.1 Å². The van der Waals surface area contributed by atoms with Crippen LogP contribution >= 0.6 is 11.8 Å². The number of nitrogens with two attached hydrogens (primary N) is 1. The molecule has 0 spiro atoms. The molecule has 0 aromatic heterocycles. The fraction of sp³-hybridized carbons (Fsp3) is 0.462. The molecular weight excluding hydrogens is 270 g/mol. The zero-order valence-corrected chi connectivity index (χ0v) is 11.2. The van der Waals surface area contributed by atoms with Gasteiger partial charge in [-0.25, -0.2) is 0 Å². The number of benzene rings is 1. The van der Waals surface area contributed by atoms with E-state index in [1.54, 1.807) is 24.3 Å². The molecule has 19 heavy (non-hydrogen) atoms. The molecule has 1 aliphatic carbocycles. The van der Waals surface area contributed by atoms with E-state index in [0.717, 1.165) is 12.8 Å².